The molecule has 2 amide bonds. The van der Waals surface area contributed by atoms with Gasteiger partial charge in [0.2, 0.25) is 0 Å². The summed E-state index contributed by atoms with van der Waals surface area (Å²) in [5.41, 5.74) is 0. The van der Waals surface area contributed by atoms with Crippen molar-refractivity contribution >= 4 is 12.0 Å². The molecule has 0 saturated heterocycles. The molecule has 1 aliphatic rings. The first-order valence-corrected chi connectivity index (χ1v) is 7.73. The van der Waals surface area contributed by atoms with Crippen LogP contribution < -0.4 is 10.6 Å². The molecule has 0 spiro atoms. The van der Waals surface area contributed by atoms with Crippen molar-refractivity contribution in [3.05, 3.63) is 0 Å². The van der Waals surface area contributed by atoms with Gasteiger partial charge in [-0.15, -0.1) is 0 Å². The van der Waals surface area contributed by atoms with Gasteiger partial charge in [-0.2, -0.15) is 0 Å². The first-order chi connectivity index (χ1) is 9.47. The van der Waals surface area contributed by atoms with Crippen molar-refractivity contribution in [2.45, 2.75) is 64.8 Å². The molecule has 0 aromatic rings. The second-order valence-corrected chi connectivity index (χ2v) is 6.18. The van der Waals surface area contributed by atoms with Crippen molar-refractivity contribution in [2.75, 3.05) is 6.54 Å². The molecular formula is C15H28N2O3. The molecule has 1 rings (SSSR count). The maximum Gasteiger partial charge on any atom is 0.315 e. The molecule has 5 nitrogen and oxygen atoms in total. The summed E-state index contributed by atoms with van der Waals surface area (Å²) in [4.78, 5) is 22.2. The van der Waals surface area contributed by atoms with Crippen LogP contribution >= 0.6 is 0 Å². The minimum atomic E-state index is -0.755. The fourth-order valence-electron chi connectivity index (χ4n) is 2.59. The molecule has 0 radical (unpaired) electrons. The molecular weight excluding hydrogens is 256 g/mol. The van der Waals surface area contributed by atoms with E-state index >= 15 is 0 Å². The van der Waals surface area contributed by atoms with Crippen LogP contribution in [0.2, 0.25) is 0 Å². The van der Waals surface area contributed by atoms with Gasteiger partial charge in [0, 0.05) is 19.0 Å². The van der Waals surface area contributed by atoms with E-state index in [0.717, 1.165) is 25.2 Å². The Morgan fingerprint density at radius 2 is 1.85 bits per heavy atom. The summed E-state index contributed by atoms with van der Waals surface area (Å²) < 4.78 is 0. The number of aliphatic carboxylic acids is 1. The molecule has 1 unspecified atom stereocenters. The van der Waals surface area contributed by atoms with Crippen molar-refractivity contribution in [2.24, 2.45) is 11.8 Å². The number of carbonyl (C=O) groups excluding carboxylic acids is 1. The molecule has 116 valence electrons. The third-order valence-electron chi connectivity index (χ3n) is 4.12. The third-order valence-corrected chi connectivity index (χ3v) is 4.12. The molecule has 1 atom stereocenters. The Morgan fingerprint density at radius 3 is 2.45 bits per heavy atom. The fraction of sp³-hybridized carbons (Fsp3) is 0.867. The maximum atomic E-state index is 11.7. The molecule has 0 aromatic heterocycles. The van der Waals surface area contributed by atoms with Gasteiger partial charge in [0.15, 0.2) is 0 Å². The van der Waals surface area contributed by atoms with E-state index in [0.29, 0.717) is 24.9 Å². The summed E-state index contributed by atoms with van der Waals surface area (Å²) in [6.07, 6.45) is 6.22. The smallest absolute Gasteiger partial charge is 0.315 e. The van der Waals surface area contributed by atoms with Gasteiger partial charge < -0.3 is 15.7 Å². The molecule has 0 heterocycles. The first kappa shape index (κ1) is 16.8. The van der Waals surface area contributed by atoms with Gasteiger partial charge >= 0.3 is 12.0 Å². The average Bonchev–Trinajstić information content (AvgIpc) is 2.39. The van der Waals surface area contributed by atoms with E-state index < -0.39 is 5.97 Å². The SMILES string of the molecule is CC(CCNC(=O)NC1CCC(C)CC1)CCC(=O)O. The Balaban J connectivity index is 2.06. The van der Waals surface area contributed by atoms with E-state index in [-0.39, 0.29) is 12.5 Å². The molecule has 0 aromatic carbocycles. The van der Waals surface area contributed by atoms with Crippen LogP contribution in [0.25, 0.3) is 0 Å². The number of amides is 2. The Kier molecular flexibility index (Phi) is 7.41. The highest BCUT2D eigenvalue weighted by Crippen LogP contribution is 2.23. The Morgan fingerprint density at radius 1 is 1.20 bits per heavy atom. The van der Waals surface area contributed by atoms with Crippen molar-refractivity contribution in [3.63, 3.8) is 0 Å². The Labute approximate surface area is 121 Å². The minimum absolute atomic E-state index is 0.0880. The molecule has 20 heavy (non-hydrogen) atoms. The van der Waals surface area contributed by atoms with E-state index in [1.165, 1.54) is 12.8 Å². The van der Waals surface area contributed by atoms with Crippen LogP contribution in [-0.4, -0.2) is 29.7 Å². The molecule has 1 saturated carbocycles. The maximum absolute atomic E-state index is 11.7. The molecule has 5 heteroatoms. The molecule has 3 N–H and O–H groups in total. The standard InChI is InChI=1S/C15H28N2O3/c1-11-3-6-13(7-4-11)17-15(20)16-10-9-12(2)5-8-14(18)19/h11-13H,3-10H2,1-2H3,(H,18,19)(H2,16,17,20). The number of carbonyl (C=O) groups is 2. The lowest BCUT2D eigenvalue weighted by Crippen LogP contribution is -2.43. The van der Waals surface area contributed by atoms with E-state index in [4.69, 9.17) is 5.11 Å². The van der Waals surface area contributed by atoms with Gasteiger partial charge in [-0.3, -0.25) is 4.79 Å². The highest BCUT2D eigenvalue weighted by atomic mass is 16.4. The summed E-state index contributed by atoms with van der Waals surface area (Å²) in [7, 11) is 0. The topological polar surface area (TPSA) is 78.4 Å². The quantitative estimate of drug-likeness (QED) is 0.672. The van der Waals surface area contributed by atoms with E-state index in [2.05, 4.69) is 17.6 Å². The first-order valence-electron chi connectivity index (χ1n) is 7.73. The summed E-state index contributed by atoms with van der Waals surface area (Å²) >= 11 is 0. The highest BCUT2D eigenvalue weighted by Gasteiger charge is 2.19. The molecule has 0 aliphatic heterocycles. The van der Waals surface area contributed by atoms with Gasteiger partial charge in [-0.1, -0.05) is 13.8 Å². The summed E-state index contributed by atoms with van der Waals surface area (Å²) in [6.45, 7) is 4.88. The second kappa shape index (κ2) is 8.82. The summed E-state index contributed by atoms with van der Waals surface area (Å²) in [5.74, 6) is 0.349. The van der Waals surface area contributed by atoms with Crippen molar-refractivity contribution in [1.29, 1.82) is 0 Å². The number of hydrogen-bond acceptors (Lipinski definition) is 2. The van der Waals surface area contributed by atoms with Gasteiger partial charge in [0.05, 0.1) is 0 Å². The van der Waals surface area contributed by atoms with Crippen LogP contribution in [-0.2, 0) is 4.79 Å². The second-order valence-electron chi connectivity index (χ2n) is 6.18. The number of rotatable bonds is 7. The largest absolute Gasteiger partial charge is 0.481 e. The molecule has 1 aliphatic carbocycles. The van der Waals surface area contributed by atoms with Crippen LogP contribution in [0, 0.1) is 11.8 Å². The zero-order valence-corrected chi connectivity index (χ0v) is 12.7. The van der Waals surface area contributed by atoms with E-state index in [1.54, 1.807) is 0 Å². The van der Waals surface area contributed by atoms with Crippen molar-refractivity contribution < 1.29 is 14.7 Å². The van der Waals surface area contributed by atoms with E-state index in [9.17, 15) is 9.59 Å². The van der Waals surface area contributed by atoms with Gasteiger partial charge in [-0.05, 0) is 50.4 Å². The number of carboxylic acid groups (broad SMARTS) is 1. The molecule has 0 bridgehead atoms. The normalized spacial score (nSPS) is 23.9. The minimum Gasteiger partial charge on any atom is -0.481 e. The molecule has 1 fully saturated rings. The number of nitrogens with one attached hydrogen (secondary N) is 2. The van der Waals surface area contributed by atoms with Gasteiger partial charge in [-0.25, -0.2) is 4.79 Å². The van der Waals surface area contributed by atoms with Gasteiger partial charge in [0.1, 0.15) is 0 Å². The lowest BCUT2D eigenvalue weighted by molar-refractivity contribution is -0.137. The van der Waals surface area contributed by atoms with Crippen LogP contribution in [0.4, 0.5) is 4.79 Å². The number of carboxylic acids is 1. The zero-order chi connectivity index (χ0) is 15.0. The summed E-state index contributed by atoms with van der Waals surface area (Å²) in [6, 6.07) is 0.227. The van der Waals surface area contributed by atoms with E-state index in [1.807, 2.05) is 6.92 Å². The fourth-order valence-corrected chi connectivity index (χ4v) is 2.59. The number of hydrogen-bond donors (Lipinski definition) is 3. The van der Waals surface area contributed by atoms with Crippen molar-refractivity contribution in [1.82, 2.24) is 10.6 Å². The predicted octanol–water partition coefficient (Wildman–Crippen LogP) is 2.76. The van der Waals surface area contributed by atoms with Gasteiger partial charge in [0.25, 0.3) is 0 Å². The van der Waals surface area contributed by atoms with Crippen LogP contribution in [0.5, 0.6) is 0 Å². The van der Waals surface area contributed by atoms with Crippen molar-refractivity contribution in [3.8, 4) is 0 Å². The number of urea groups is 1. The third kappa shape index (κ3) is 7.36. The predicted molar refractivity (Wildman–Crippen MR) is 78.6 cm³/mol. The van der Waals surface area contributed by atoms with Crippen LogP contribution in [0.15, 0.2) is 0 Å². The summed E-state index contributed by atoms with van der Waals surface area (Å²) in [5, 5.41) is 14.5. The average molecular weight is 284 g/mol. The highest BCUT2D eigenvalue weighted by molar-refractivity contribution is 5.74. The monoisotopic (exact) mass is 284 g/mol. The Hall–Kier alpha value is -1.26. The lowest BCUT2D eigenvalue weighted by Gasteiger charge is -2.27. The lowest BCUT2D eigenvalue weighted by atomic mass is 9.87. The van der Waals surface area contributed by atoms with Crippen LogP contribution in [0.1, 0.15) is 58.8 Å². The van der Waals surface area contributed by atoms with Crippen LogP contribution in [0.3, 0.4) is 0 Å². The Bertz CT molecular complexity index is 312. The zero-order valence-electron chi connectivity index (χ0n) is 12.7.